The second-order valence-electron chi connectivity index (χ2n) is 6.42. The Labute approximate surface area is 168 Å². The summed E-state index contributed by atoms with van der Waals surface area (Å²) in [6.07, 6.45) is 3.42. The fourth-order valence-electron chi connectivity index (χ4n) is 3.01. The number of benzene rings is 2. The van der Waals surface area contributed by atoms with E-state index in [2.05, 4.69) is 20.6 Å². The fraction of sp³-hybridized carbons (Fsp3) is 0.136. The van der Waals surface area contributed by atoms with E-state index in [4.69, 9.17) is 14.5 Å². The van der Waals surface area contributed by atoms with Crippen LogP contribution in [0.5, 0.6) is 11.5 Å². The molecule has 0 fully saturated rings. The SMILES string of the molecule is COc1cc2nc(Nc3ccncc3)nc(Nc3ccccc3C)c2cc1OC. The van der Waals surface area contributed by atoms with Crippen LogP contribution in [-0.2, 0) is 0 Å². The van der Waals surface area contributed by atoms with Crippen LogP contribution >= 0.6 is 0 Å². The first-order valence-electron chi connectivity index (χ1n) is 9.11. The van der Waals surface area contributed by atoms with E-state index in [-0.39, 0.29) is 0 Å². The minimum Gasteiger partial charge on any atom is -0.493 e. The molecular formula is C22H21N5O2. The number of nitrogens with one attached hydrogen (secondary N) is 2. The van der Waals surface area contributed by atoms with Crippen LogP contribution in [-0.4, -0.2) is 29.2 Å². The molecule has 7 nitrogen and oxygen atoms in total. The summed E-state index contributed by atoms with van der Waals surface area (Å²) in [7, 11) is 3.21. The van der Waals surface area contributed by atoms with Gasteiger partial charge in [0.1, 0.15) is 5.82 Å². The summed E-state index contributed by atoms with van der Waals surface area (Å²) in [6, 6.07) is 15.5. The molecule has 2 aromatic heterocycles. The smallest absolute Gasteiger partial charge is 0.229 e. The zero-order valence-corrected chi connectivity index (χ0v) is 16.4. The van der Waals surface area contributed by atoms with Crippen molar-refractivity contribution in [3.8, 4) is 11.5 Å². The second kappa shape index (κ2) is 8.02. The Kier molecular flexibility index (Phi) is 5.11. The second-order valence-corrected chi connectivity index (χ2v) is 6.42. The topological polar surface area (TPSA) is 81.2 Å². The van der Waals surface area contributed by atoms with E-state index in [1.807, 2.05) is 55.5 Å². The summed E-state index contributed by atoms with van der Waals surface area (Å²) in [5.74, 6) is 2.36. The van der Waals surface area contributed by atoms with Crippen molar-refractivity contribution >= 4 is 34.0 Å². The molecule has 2 N–H and O–H groups in total. The predicted molar refractivity (Wildman–Crippen MR) is 115 cm³/mol. The van der Waals surface area contributed by atoms with Gasteiger partial charge in [-0.05, 0) is 36.8 Å². The Bertz CT molecular complexity index is 1150. The lowest BCUT2D eigenvalue weighted by Crippen LogP contribution is -2.04. The van der Waals surface area contributed by atoms with E-state index >= 15 is 0 Å². The van der Waals surface area contributed by atoms with Crippen molar-refractivity contribution in [2.75, 3.05) is 24.9 Å². The standard InChI is InChI=1S/C22H21N5O2/c1-14-6-4-5-7-17(14)25-21-16-12-19(28-2)20(29-3)13-18(16)26-22(27-21)24-15-8-10-23-11-9-15/h4-13H,1-3H3,(H2,23,24,25,26,27). The molecule has 0 aliphatic heterocycles. The molecule has 0 atom stereocenters. The molecule has 0 saturated carbocycles. The number of pyridine rings is 1. The van der Waals surface area contributed by atoms with E-state index in [9.17, 15) is 0 Å². The maximum atomic E-state index is 5.47. The van der Waals surface area contributed by atoms with Crippen LogP contribution in [0.1, 0.15) is 5.56 Å². The number of para-hydroxylation sites is 1. The highest BCUT2D eigenvalue weighted by atomic mass is 16.5. The zero-order valence-electron chi connectivity index (χ0n) is 16.4. The largest absolute Gasteiger partial charge is 0.493 e. The van der Waals surface area contributed by atoms with Gasteiger partial charge in [0.2, 0.25) is 5.95 Å². The molecule has 0 radical (unpaired) electrons. The van der Waals surface area contributed by atoms with Gasteiger partial charge in [-0.2, -0.15) is 4.98 Å². The van der Waals surface area contributed by atoms with Crippen LogP contribution in [0, 0.1) is 6.92 Å². The first kappa shape index (κ1) is 18.5. The quantitative estimate of drug-likeness (QED) is 0.490. The molecule has 0 aliphatic rings. The molecule has 2 aromatic carbocycles. The highest BCUT2D eigenvalue weighted by Crippen LogP contribution is 2.36. The lowest BCUT2D eigenvalue weighted by molar-refractivity contribution is 0.356. The Hall–Kier alpha value is -3.87. The van der Waals surface area contributed by atoms with Crippen molar-refractivity contribution in [3.05, 3.63) is 66.5 Å². The van der Waals surface area contributed by atoms with E-state index in [1.54, 1.807) is 26.6 Å². The lowest BCUT2D eigenvalue weighted by atomic mass is 10.1. The zero-order chi connectivity index (χ0) is 20.2. The van der Waals surface area contributed by atoms with Crippen molar-refractivity contribution in [3.63, 3.8) is 0 Å². The molecule has 146 valence electrons. The van der Waals surface area contributed by atoms with Crippen LogP contribution in [0.2, 0.25) is 0 Å². The normalized spacial score (nSPS) is 10.6. The van der Waals surface area contributed by atoms with Crippen molar-refractivity contribution < 1.29 is 9.47 Å². The molecular weight excluding hydrogens is 366 g/mol. The van der Waals surface area contributed by atoms with Gasteiger partial charge in [-0.25, -0.2) is 4.98 Å². The van der Waals surface area contributed by atoms with E-state index in [0.29, 0.717) is 23.3 Å². The Morgan fingerprint density at radius 3 is 2.28 bits per heavy atom. The maximum Gasteiger partial charge on any atom is 0.229 e. The van der Waals surface area contributed by atoms with Crippen LogP contribution in [0.3, 0.4) is 0 Å². The van der Waals surface area contributed by atoms with Gasteiger partial charge in [0, 0.05) is 35.2 Å². The first-order chi connectivity index (χ1) is 14.2. The molecule has 7 heteroatoms. The first-order valence-corrected chi connectivity index (χ1v) is 9.11. The number of anilines is 4. The number of fused-ring (bicyclic) bond motifs is 1. The number of hydrogen-bond acceptors (Lipinski definition) is 7. The molecule has 2 heterocycles. The molecule has 0 amide bonds. The summed E-state index contributed by atoms with van der Waals surface area (Å²) >= 11 is 0. The molecule has 4 aromatic rings. The minimum absolute atomic E-state index is 0.465. The predicted octanol–water partition coefficient (Wildman–Crippen LogP) is 4.84. The van der Waals surface area contributed by atoms with Gasteiger partial charge in [-0.15, -0.1) is 0 Å². The Balaban J connectivity index is 1.86. The van der Waals surface area contributed by atoms with E-state index in [1.165, 1.54) is 0 Å². The van der Waals surface area contributed by atoms with Gasteiger partial charge in [0.15, 0.2) is 11.5 Å². The average molecular weight is 387 g/mol. The molecule has 0 unspecified atom stereocenters. The van der Waals surface area contributed by atoms with Crippen LogP contribution in [0.25, 0.3) is 10.9 Å². The number of aryl methyl sites for hydroxylation is 1. The third kappa shape index (κ3) is 3.89. The number of nitrogens with zero attached hydrogens (tertiary/aromatic N) is 3. The van der Waals surface area contributed by atoms with Crippen molar-refractivity contribution in [1.29, 1.82) is 0 Å². The van der Waals surface area contributed by atoms with Crippen LogP contribution in [0.15, 0.2) is 60.9 Å². The van der Waals surface area contributed by atoms with Crippen LogP contribution in [0.4, 0.5) is 23.1 Å². The van der Waals surface area contributed by atoms with Crippen molar-refractivity contribution in [2.24, 2.45) is 0 Å². The highest BCUT2D eigenvalue weighted by Gasteiger charge is 2.14. The van der Waals surface area contributed by atoms with Gasteiger partial charge in [0.05, 0.1) is 19.7 Å². The third-order valence-electron chi connectivity index (χ3n) is 4.54. The van der Waals surface area contributed by atoms with Gasteiger partial charge in [0.25, 0.3) is 0 Å². The Morgan fingerprint density at radius 1 is 0.828 bits per heavy atom. The van der Waals surface area contributed by atoms with Gasteiger partial charge >= 0.3 is 0 Å². The number of methoxy groups -OCH3 is 2. The number of aromatic nitrogens is 3. The summed E-state index contributed by atoms with van der Waals surface area (Å²) in [6.45, 7) is 2.05. The lowest BCUT2D eigenvalue weighted by Gasteiger charge is -2.15. The third-order valence-corrected chi connectivity index (χ3v) is 4.54. The van der Waals surface area contributed by atoms with Gasteiger partial charge in [-0.3, -0.25) is 4.98 Å². The number of hydrogen-bond donors (Lipinski definition) is 2. The fourth-order valence-corrected chi connectivity index (χ4v) is 3.01. The monoisotopic (exact) mass is 387 g/mol. The van der Waals surface area contributed by atoms with Gasteiger partial charge in [-0.1, -0.05) is 18.2 Å². The number of ether oxygens (including phenoxy) is 2. The summed E-state index contributed by atoms with van der Waals surface area (Å²) < 4.78 is 10.9. The average Bonchev–Trinajstić information content (AvgIpc) is 2.75. The summed E-state index contributed by atoms with van der Waals surface area (Å²) in [5.41, 5.74) is 3.66. The minimum atomic E-state index is 0.465. The molecule has 4 rings (SSSR count). The molecule has 0 spiro atoms. The summed E-state index contributed by atoms with van der Waals surface area (Å²) in [5, 5.41) is 7.48. The van der Waals surface area contributed by atoms with E-state index < -0.39 is 0 Å². The molecule has 0 bridgehead atoms. The highest BCUT2D eigenvalue weighted by molar-refractivity contribution is 5.94. The maximum absolute atomic E-state index is 5.47. The molecule has 0 saturated heterocycles. The summed E-state index contributed by atoms with van der Waals surface area (Å²) in [4.78, 5) is 13.4. The van der Waals surface area contributed by atoms with Crippen LogP contribution < -0.4 is 20.1 Å². The number of rotatable bonds is 6. The molecule has 0 aliphatic carbocycles. The molecule has 29 heavy (non-hydrogen) atoms. The van der Waals surface area contributed by atoms with Gasteiger partial charge < -0.3 is 20.1 Å². The van der Waals surface area contributed by atoms with Crippen molar-refractivity contribution in [1.82, 2.24) is 15.0 Å². The van der Waals surface area contributed by atoms with Crippen molar-refractivity contribution in [2.45, 2.75) is 6.92 Å². The Morgan fingerprint density at radius 2 is 1.55 bits per heavy atom. The van der Waals surface area contributed by atoms with E-state index in [0.717, 1.165) is 27.8 Å².